The van der Waals surface area contributed by atoms with Crippen LogP contribution in [-0.4, -0.2) is 72.8 Å². The van der Waals surface area contributed by atoms with Crippen LogP contribution in [0, 0.1) is 18.8 Å². The number of carbonyl (C=O) groups is 4. The third-order valence-electron chi connectivity index (χ3n) is 5.72. The van der Waals surface area contributed by atoms with E-state index in [9.17, 15) is 19.2 Å². The zero-order valence-corrected chi connectivity index (χ0v) is 19.7. The molecule has 1 atom stereocenters. The molecule has 1 aliphatic heterocycles. The van der Waals surface area contributed by atoms with E-state index >= 15 is 0 Å². The molecule has 32 heavy (non-hydrogen) atoms. The number of nitrogens with zero attached hydrogens (tertiary/aromatic N) is 2. The van der Waals surface area contributed by atoms with E-state index in [4.69, 9.17) is 4.74 Å². The van der Waals surface area contributed by atoms with Crippen molar-refractivity contribution >= 4 is 23.7 Å². The molecule has 0 aliphatic carbocycles. The summed E-state index contributed by atoms with van der Waals surface area (Å²) in [5, 5.41) is 2.82. The largest absolute Gasteiger partial charge is 0.466 e. The first-order valence-electron chi connectivity index (χ1n) is 11.2. The smallest absolute Gasteiger partial charge is 0.309 e. The molecule has 0 saturated carbocycles. The minimum atomic E-state index is -0.740. The predicted molar refractivity (Wildman–Crippen MR) is 121 cm³/mol. The van der Waals surface area contributed by atoms with Gasteiger partial charge in [-0.15, -0.1) is 0 Å². The molecule has 1 fully saturated rings. The summed E-state index contributed by atoms with van der Waals surface area (Å²) in [6, 6.07) is 6.43. The van der Waals surface area contributed by atoms with Crippen LogP contribution in [0.3, 0.4) is 0 Å². The Morgan fingerprint density at radius 1 is 1.19 bits per heavy atom. The van der Waals surface area contributed by atoms with Crippen molar-refractivity contribution in [2.75, 3.05) is 33.3 Å². The number of hydrogen-bond donors (Lipinski definition) is 1. The van der Waals surface area contributed by atoms with E-state index in [2.05, 4.69) is 5.32 Å². The van der Waals surface area contributed by atoms with Crippen LogP contribution in [0.25, 0.3) is 0 Å². The molecule has 1 unspecified atom stereocenters. The van der Waals surface area contributed by atoms with Crippen molar-refractivity contribution < 1.29 is 23.9 Å². The lowest BCUT2D eigenvalue weighted by atomic mass is 9.97. The maximum atomic E-state index is 13.0. The van der Waals surface area contributed by atoms with Gasteiger partial charge in [0.25, 0.3) is 5.91 Å². The molecule has 8 nitrogen and oxygen atoms in total. The number of ether oxygens (including phenoxy) is 1. The van der Waals surface area contributed by atoms with E-state index in [-0.39, 0.29) is 42.1 Å². The van der Waals surface area contributed by atoms with Gasteiger partial charge in [-0.25, -0.2) is 0 Å². The first-order valence-corrected chi connectivity index (χ1v) is 11.2. The third kappa shape index (κ3) is 6.80. The highest BCUT2D eigenvalue weighted by atomic mass is 16.5. The van der Waals surface area contributed by atoms with Gasteiger partial charge in [0.2, 0.25) is 11.8 Å². The average Bonchev–Trinajstić information content (AvgIpc) is 2.76. The minimum Gasteiger partial charge on any atom is -0.466 e. The highest BCUT2D eigenvalue weighted by Gasteiger charge is 2.31. The number of nitrogens with one attached hydrogen (secondary N) is 1. The fourth-order valence-electron chi connectivity index (χ4n) is 3.77. The number of hydrogen-bond acceptors (Lipinski definition) is 5. The number of aryl methyl sites for hydroxylation is 1. The Hall–Kier alpha value is -2.90. The SMILES string of the molecule is CCOC(=O)C1CCN(C(=O)CN(C)C(=O)C(NC(=O)c2cccc(C)c2)C(C)C)CC1. The van der Waals surface area contributed by atoms with Crippen molar-refractivity contribution in [3.05, 3.63) is 35.4 Å². The molecule has 1 N–H and O–H groups in total. The van der Waals surface area contributed by atoms with Gasteiger partial charge in [0.05, 0.1) is 19.1 Å². The fraction of sp³-hybridized carbons (Fsp3) is 0.583. The number of benzene rings is 1. The van der Waals surface area contributed by atoms with Crippen LogP contribution < -0.4 is 5.32 Å². The summed E-state index contributed by atoms with van der Waals surface area (Å²) in [4.78, 5) is 53.3. The Morgan fingerprint density at radius 3 is 2.41 bits per heavy atom. The number of piperidine rings is 1. The number of likely N-dealkylation sites (N-methyl/N-ethyl adjacent to an activating group) is 1. The minimum absolute atomic E-state index is 0.0769. The van der Waals surface area contributed by atoms with Crippen LogP contribution in [0.1, 0.15) is 49.5 Å². The molecule has 1 saturated heterocycles. The van der Waals surface area contributed by atoms with Gasteiger partial charge in [0.1, 0.15) is 6.04 Å². The molecule has 1 heterocycles. The van der Waals surface area contributed by atoms with Crippen LogP contribution in [0.4, 0.5) is 0 Å². The average molecular weight is 446 g/mol. The number of amides is 3. The number of esters is 1. The summed E-state index contributed by atoms with van der Waals surface area (Å²) in [6.07, 6.45) is 1.12. The van der Waals surface area contributed by atoms with Crippen molar-refractivity contribution in [1.82, 2.24) is 15.1 Å². The van der Waals surface area contributed by atoms with Gasteiger partial charge >= 0.3 is 5.97 Å². The molecule has 1 aromatic rings. The summed E-state index contributed by atoms with van der Waals surface area (Å²) in [6.45, 7) is 8.58. The molecule has 1 aliphatic rings. The normalized spacial score (nSPS) is 15.2. The van der Waals surface area contributed by atoms with E-state index in [1.807, 2.05) is 26.8 Å². The van der Waals surface area contributed by atoms with Crippen LogP contribution >= 0.6 is 0 Å². The number of likely N-dealkylation sites (tertiary alicyclic amines) is 1. The summed E-state index contributed by atoms with van der Waals surface area (Å²) >= 11 is 0. The van der Waals surface area contributed by atoms with Crippen LogP contribution in [0.5, 0.6) is 0 Å². The van der Waals surface area contributed by atoms with E-state index in [0.29, 0.717) is 38.1 Å². The quantitative estimate of drug-likeness (QED) is 0.618. The lowest BCUT2D eigenvalue weighted by Crippen LogP contribution is -2.53. The lowest BCUT2D eigenvalue weighted by molar-refractivity contribution is -0.151. The van der Waals surface area contributed by atoms with Crippen molar-refractivity contribution in [1.29, 1.82) is 0 Å². The molecular formula is C24H35N3O5. The van der Waals surface area contributed by atoms with Gasteiger partial charge in [0.15, 0.2) is 0 Å². The van der Waals surface area contributed by atoms with E-state index in [1.165, 1.54) is 4.90 Å². The predicted octanol–water partition coefficient (Wildman–Crippen LogP) is 2.01. The Bertz CT molecular complexity index is 831. The molecule has 2 rings (SSSR count). The topological polar surface area (TPSA) is 96.0 Å². The monoisotopic (exact) mass is 445 g/mol. The molecule has 0 aromatic heterocycles. The second kappa shape index (κ2) is 11.6. The fourth-order valence-corrected chi connectivity index (χ4v) is 3.77. The molecule has 1 aromatic carbocycles. The standard InChI is InChI=1S/C24H35N3O5/c1-6-32-24(31)18-10-12-27(13-11-18)20(28)15-26(5)23(30)21(16(2)3)25-22(29)19-9-7-8-17(4)14-19/h7-9,14,16,18,21H,6,10-13,15H2,1-5H3,(H,25,29). The van der Waals surface area contributed by atoms with Crippen molar-refractivity contribution in [3.63, 3.8) is 0 Å². The highest BCUT2D eigenvalue weighted by Crippen LogP contribution is 2.19. The molecule has 0 bridgehead atoms. The Labute approximate surface area is 190 Å². The lowest BCUT2D eigenvalue weighted by Gasteiger charge is -2.33. The van der Waals surface area contributed by atoms with Crippen LogP contribution in [-0.2, 0) is 19.1 Å². The number of rotatable bonds is 8. The Morgan fingerprint density at radius 2 is 1.84 bits per heavy atom. The van der Waals surface area contributed by atoms with Gasteiger partial charge in [-0.2, -0.15) is 0 Å². The van der Waals surface area contributed by atoms with Gasteiger partial charge < -0.3 is 19.9 Å². The molecule has 3 amide bonds. The summed E-state index contributed by atoms with van der Waals surface area (Å²) in [7, 11) is 1.57. The van der Waals surface area contributed by atoms with E-state index in [1.54, 1.807) is 37.1 Å². The second-order valence-corrected chi connectivity index (χ2v) is 8.67. The molecular weight excluding hydrogens is 410 g/mol. The number of carbonyl (C=O) groups excluding carboxylic acids is 4. The maximum Gasteiger partial charge on any atom is 0.309 e. The Balaban J connectivity index is 1.93. The van der Waals surface area contributed by atoms with E-state index < -0.39 is 6.04 Å². The van der Waals surface area contributed by atoms with Gasteiger partial charge in [-0.1, -0.05) is 31.5 Å². The molecule has 0 spiro atoms. The zero-order chi connectivity index (χ0) is 23.8. The maximum absolute atomic E-state index is 13.0. The van der Waals surface area contributed by atoms with E-state index in [0.717, 1.165) is 5.56 Å². The van der Waals surface area contributed by atoms with Crippen molar-refractivity contribution in [3.8, 4) is 0 Å². The summed E-state index contributed by atoms with van der Waals surface area (Å²) in [5.74, 6) is -1.33. The molecule has 8 heteroatoms. The first-order chi connectivity index (χ1) is 15.1. The van der Waals surface area contributed by atoms with Crippen LogP contribution in [0.2, 0.25) is 0 Å². The highest BCUT2D eigenvalue weighted by molar-refractivity contribution is 5.98. The molecule has 176 valence electrons. The summed E-state index contributed by atoms with van der Waals surface area (Å²) in [5.41, 5.74) is 1.45. The Kier molecular flexibility index (Phi) is 9.23. The second-order valence-electron chi connectivity index (χ2n) is 8.67. The summed E-state index contributed by atoms with van der Waals surface area (Å²) < 4.78 is 5.06. The third-order valence-corrected chi connectivity index (χ3v) is 5.72. The van der Waals surface area contributed by atoms with Crippen LogP contribution in [0.15, 0.2) is 24.3 Å². The van der Waals surface area contributed by atoms with Gasteiger partial charge in [-0.05, 0) is 44.7 Å². The molecule has 0 radical (unpaired) electrons. The van der Waals surface area contributed by atoms with Crippen molar-refractivity contribution in [2.45, 2.75) is 46.6 Å². The zero-order valence-electron chi connectivity index (χ0n) is 19.7. The van der Waals surface area contributed by atoms with Crippen molar-refractivity contribution in [2.24, 2.45) is 11.8 Å². The van der Waals surface area contributed by atoms with Gasteiger partial charge in [-0.3, -0.25) is 19.2 Å². The van der Waals surface area contributed by atoms with Gasteiger partial charge in [0, 0.05) is 25.7 Å². The first kappa shape index (κ1) is 25.4.